The zero-order chi connectivity index (χ0) is 11.5. The van der Waals surface area contributed by atoms with Crippen LogP contribution in [0.4, 0.5) is 0 Å². The summed E-state index contributed by atoms with van der Waals surface area (Å²) in [7, 11) is 0. The number of hydrogen-bond acceptors (Lipinski definition) is 3. The molecule has 4 nitrogen and oxygen atoms in total. The van der Waals surface area contributed by atoms with E-state index in [0.29, 0.717) is 6.04 Å². The molecule has 0 aromatic rings. The minimum atomic E-state index is -0.187. The maximum absolute atomic E-state index is 12.1. The molecule has 2 rings (SSSR count). The Morgan fingerprint density at radius 1 is 1.44 bits per heavy atom. The summed E-state index contributed by atoms with van der Waals surface area (Å²) < 4.78 is 0. The van der Waals surface area contributed by atoms with Crippen molar-refractivity contribution in [2.75, 3.05) is 32.8 Å². The average Bonchev–Trinajstić information content (AvgIpc) is 2.77. The van der Waals surface area contributed by atoms with Crippen molar-refractivity contribution in [3.05, 3.63) is 0 Å². The molecule has 0 aromatic heterocycles. The zero-order valence-corrected chi connectivity index (χ0v) is 10.1. The Morgan fingerprint density at radius 2 is 2.25 bits per heavy atom. The summed E-state index contributed by atoms with van der Waals surface area (Å²) in [5, 5.41) is 9.16. The highest BCUT2D eigenvalue weighted by Gasteiger charge is 2.33. The summed E-state index contributed by atoms with van der Waals surface area (Å²) in [5.41, 5.74) is 0. The quantitative estimate of drug-likeness (QED) is 0.753. The number of rotatable bonds is 3. The van der Waals surface area contributed by atoms with Crippen molar-refractivity contribution in [3.63, 3.8) is 0 Å². The van der Waals surface area contributed by atoms with Gasteiger partial charge in [-0.25, -0.2) is 0 Å². The van der Waals surface area contributed by atoms with Crippen LogP contribution in [0.15, 0.2) is 0 Å². The van der Waals surface area contributed by atoms with Gasteiger partial charge in [0.2, 0.25) is 5.91 Å². The van der Waals surface area contributed by atoms with Gasteiger partial charge in [0.25, 0.3) is 0 Å². The Balaban J connectivity index is 1.92. The maximum Gasteiger partial charge on any atom is 0.228 e. The third-order valence-electron chi connectivity index (χ3n) is 3.96. The number of fused-ring (bicyclic) bond motifs is 1. The highest BCUT2D eigenvalue weighted by atomic mass is 16.3. The van der Waals surface area contributed by atoms with Crippen molar-refractivity contribution < 1.29 is 9.90 Å². The van der Waals surface area contributed by atoms with Crippen LogP contribution < -0.4 is 0 Å². The molecule has 92 valence electrons. The van der Waals surface area contributed by atoms with E-state index >= 15 is 0 Å². The zero-order valence-electron chi connectivity index (χ0n) is 10.1. The van der Waals surface area contributed by atoms with E-state index in [1.54, 1.807) is 0 Å². The van der Waals surface area contributed by atoms with Gasteiger partial charge in [0.15, 0.2) is 0 Å². The van der Waals surface area contributed by atoms with Gasteiger partial charge in [0.1, 0.15) is 0 Å². The van der Waals surface area contributed by atoms with Gasteiger partial charge >= 0.3 is 0 Å². The van der Waals surface area contributed by atoms with E-state index in [-0.39, 0.29) is 18.4 Å². The molecule has 2 atom stereocenters. The van der Waals surface area contributed by atoms with E-state index in [2.05, 4.69) is 4.90 Å². The van der Waals surface area contributed by atoms with E-state index in [1.165, 1.54) is 19.4 Å². The minimum Gasteiger partial charge on any atom is -0.396 e. The molecule has 0 saturated carbocycles. The predicted molar refractivity (Wildman–Crippen MR) is 62.0 cm³/mol. The number of aliphatic hydroxyl groups excluding tert-OH is 1. The normalized spacial score (nSPS) is 27.9. The molecule has 0 radical (unpaired) electrons. The summed E-state index contributed by atoms with van der Waals surface area (Å²) in [6, 6.07) is 0.578. The van der Waals surface area contributed by atoms with E-state index in [4.69, 9.17) is 5.11 Å². The number of hydrogen-bond donors (Lipinski definition) is 1. The first-order valence-corrected chi connectivity index (χ1v) is 6.40. The van der Waals surface area contributed by atoms with Crippen LogP contribution in [0, 0.1) is 5.92 Å². The second-order valence-corrected chi connectivity index (χ2v) is 4.90. The van der Waals surface area contributed by atoms with Crippen LogP contribution in [0.1, 0.15) is 26.2 Å². The van der Waals surface area contributed by atoms with Gasteiger partial charge in [-0.1, -0.05) is 6.92 Å². The fourth-order valence-corrected chi connectivity index (χ4v) is 2.83. The van der Waals surface area contributed by atoms with Crippen LogP contribution in [0.2, 0.25) is 0 Å². The topological polar surface area (TPSA) is 43.8 Å². The van der Waals surface area contributed by atoms with Gasteiger partial charge in [-0.05, 0) is 25.8 Å². The predicted octanol–water partition coefficient (Wildman–Crippen LogP) is 0.311. The molecule has 0 spiro atoms. The first-order chi connectivity index (χ1) is 7.76. The monoisotopic (exact) mass is 226 g/mol. The lowest BCUT2D eigenvalue weighted by molar-refractivity contribution is -0.139. The minimum absolute atomic E-state index is 0.0137. The van der Waals surface area contributed by atoms with Gasteiger partial charge in [-0.15, -0.1) is 0 Å². The van der Waals surface area contributed by atoms with Crippen molar-refractivity contribution in [2.24, 2.45) is 5.92 Å². The fraction of sp³-hybridized carbons (Fsp3) is 0.917. The molecule has 1 amide bonds. The van der Waals surface area contributed by atoms with E-state index in [9.17, 15) is 4.79 Å². The lowest BCUT2D eigenvalue weighted by Crippen LogP contribution is -2.53. The van der Waals surface area contributed by atoms with Crippen molar-refractivity contribution in [1.29, 1.82) is 0 Å². The van der Waals surface area contributed by atoms with Crippen molar-refractivity contribution >= 4 is 5.91 Å². The molecule has 2 aliphatic heterocycles. The van der Waals surface area contributed by atoms with Crippen LogP contribution >= 0.6 is 0 Å². The van der Waals surface area contributed by atoms with Crippen molar-refractivity contribution in [1.82, 2.24) is 9.80 Å². The van der Waals surface area contributed by atoms with E-state index in [0.717, 1.165) is 26.1 Å². The van der Waals surface area contributed by atoms with Crippen LogP contribution in [0.3, 0.4) is 0 Å². The standard InChI is InChI=1S/C12H22N2O2/c1-2-10(9-15)12(16)14-7-6-13-5-3-4-11(13)8-14/h10-11,15H,2-9H2,1H3. The second kappa shape index (κ2) is 5.15. The molecular weight excluding hydrogens is 204 g/mol. The number of aliphatic hydroxyl groups is 1. The summed E-state index contributed by atoms with van der Waals surface area (Å²) in [4.78, 5) is 16.5. The highest BCUT2D eigenvalue weighted by molar-refractivity contribution is 5.79. The van der Waals surface area contributed by atoms with Crippen LogP contribution in [0.25, 0.3) is 0 Å². The van der Waals surface area contributed by atoms with Gasteiger partial charge < -0.3 is 10.0 Å². The van der Waals surface area contributed by atoms with Crippen LogP contribution in [0.5, 0.6) is 0 Å². The van der Waals surface area contributed by atoms with Crippen LogP contribution in [-0.4, -0.2) is 59.6 Å². The van der Waals surface area contributed by atoms with E-state index in [1.807, 2.05) is 11.8 Å². The maximum atomic E-state index is 12.1. The number of carbonyl (C=O) groups is 1. The largest absolute Gasteiger partial charge is 0.396 e. The average molecular weight is 226 g/mol. The SMILES string of the molecule is CCC(CO)C(=O)N1CCN2CCCC2C1. The number of carbonyl (C=O) groups excluding carboxylic acids is 1. The first-order valence-electron chi connectivity index (χ1n) is 6.40. The van der Waals surface area contributed by atoms with E-state index < -0.39 is 0 Å². The molecule has 0 bridgehead atoms. The Bertz CT molecular complexity index is 253. The number of nitrogens with zero attached hydrogens (tertiary/aromatic N) is 2. The first kappa shape index (κ1) is 11.9. The Hall–Kier alpha value is -0.610. The second-order valence-electron chi connectivity index (χ2n) is 4.90. The molecular formula is C12H22N2O2. The number of amides is 1. The summed E-state index contributed by atoms with van der Waals surface area (Å²) >= 11 is 0. The molecule has 2 heterocycles. The van der Waals surface area contributed by atoms with Gasteiger partial charge in [0.05, 0.1) is 12.5 Å². The van der Waals surface area contributed by atoms with Crippen molar-refractivity contribution in [3.8, 4) is 0 Å². The molecule has 1 N–H and O–H groups in total. The van der Waals surface area contributed by atoms with Crippen molar-refractivity contribution in [2.45, 2.75) is 32.2 Å². The van der Waals surface area contributed by atoms with Crippen LogP contribution in [-0.2, 0) is 4.79 Å². The summed E-state index contributed by atoms with van der Waals surface area (Å²) in [5.74, 6) is -0.0375. The fourth-order valence-electron chi connectivity index (χ4n) is 2.83. The summed E-state index contributed by atoms with van der Waals surface area (Å²) in [6.07, 6.45) is 3.23. The van der Waals surface area contributed by atoms with Gasteiger partial charge in [-0.3, -0.25) is 9.69 Å². The van der Waals surface area contributed by atoms with Gasteiger partial charge in [0, 0.05) is 25.7 Å². The smallest absolute Gasteiger partial charge is 0.228 e. The number of piperazine rings is 1. The molecule has 0 aromatic carbocycles. The molecule has 16 heavy (non-hydrogen) atoms. The molecule has 2 unspecified atom stereocenters. The Kier molecular flexibility index (Phi) is 3.82. The molecule has 2 fully saturated rings. The third kappa shape index (κ3) is 2.23. The molecule has 0 aliphatic carbocycles. The van der Waals surface area contributed by atoms with Gasteiger partial charge in [-0.2, -0.15) is 0 Å². The molecule has 4 heteroatoms. The Morgan fingerprint density at radius 3 is 2.94 bits per heavy atom. The third-order valence-corrected chi connectivity index (χ3v) is 3.96. The lowest BCUT2D eigenvalue weighted by Gasteiger charge is -2.38. The molecule has 2 saturated heterocycles. The lowest BCUT2D eigenvalue weighted by atomic mass is 10.0. The summed E-state index contributed by atoms with van der Waals surface area (Å²) in [6.45, 7) is 5.87. The highest BCUT2D eigenvalue weighted by Crippen LogP contribution is 2.22. The molecule has 2 aliphatic rings. The Labute approximate surface area is 97.2 Å².